The fourth-order valence-electron chi connectivity index (χ4n) is 1.45. The first-order valence-corrected chi connectivity index (χ1v) is 7.82. The van der Waals surface area contributed by atoms with E-state index in [1.54, 1.807) is 20.8 Å². The van der Waals surface area contributed by atoms with E-state index in [4.69, 9.17) is 4.74 Å². The number of hydrogen-bond acceptors (Lipinski definition) is 7. The van der Waals surface area contributed by atoms with Crippen LogP contribution < -0.4 is 21.3 Å². The molecule has 0 aliphatic carbocycles. The number of ether oxygens (including phenoxy) is 2. The number of methoxy groups -OCH3 is 1. The lowest BCUT2D eigenvalue weighted by Gasteiger charge is -2.19. The highest BCUT2D eigenvalue weighted by atomic mass is 16.6. The second-order valence-electron chi connectivity index (χ2n) is 6.22. The van der Waals surface area contributed by atoms with Gasteiger partial charge < -0.3 is 30.7 Å². The van der Waals surface area contributed by atoms with Crippen molar-refractivity contribution in [2.45, 2.75) is 39.3 Å². The van der Waals surface area contributed by atoms with E-state index in [2.05, 4.69) is 26.0 Å². The lowest BCUT2D eigenvalue weighted by molar-refractivity contribution is -0.141. The van der Waals surface area contributed by atoms with Gasteiger partial charge >= 0.3 is 12.1 Å². The van der Waals surface area contributed by atoms with Crippen LogP contribution in [0.3, 0.4) is 0 Å². The SMILES string of the molecule is COC(=O)CNC(=O)[C@H](C)NC(=O)CNC(=O)CNC(=O)OC(C)(C)C. The van der Waals surface area contributed by atoms with Gasteiger partial charge in [0.1, 0.15) is 24.7 Å². The third-order valence-corrected chi connectivity index (χ3v) is 2.64. The highest BCUT2D eigenvalue weighted by Gasteiger charge is 2.18. The van der Waals surface area contributed by atoms with Crippen LogP contribution in [0.5, 0.6) is 0 Å². The van der Waals surface area contributed by atoms with Crippen LogP contribution in [0, 0.1) is 0 Å². The molecule has 0 aromatic heterocycles. The molecule has 0 heterocycles. The van der Waals surface area contributed by atoms with Gasteiger partial charge in [-0.25, -0.2) is 4.79 Å². The Balaban J connectivity index is 4.06. The summed E-state index contributed by atoms with van der Waals surface area (Å²) in [6.07, 6.45) is -0.756. The van der Waals surface area contributed by atoms with E-state index in [0.717, 1.165) is 0 Å². The third kappa shape index (κ3) is 11.6. The van der Waals surface area contributed by atoms with E-state index in [1.165, 1.54) is 14.0 Å². The van der Waals surface area contributed by atoms with Gasteiger partial charge in [-0.15, -0.1) is 0 Å². The average Bonchev–Trinajstić information content (AvgIpc) is 2.53. The zero-order chi connectivity index (χ0) is 20.3. The van der Waals surface area contributed by atoms with Crippen LogP contribution in [0.1, 0.15) is 27.7 Å². The van der Waals surface area contributed by atoms with Gasteiger partial charge in [-0.2, -0.15) is 0 Å². The lowest BCUT2D eigenvalue weighted by atomic mass is 10.2. The Morgan fingerprint density at radius 3 is 2.00 bits per heavy atom. The van der Waals surface area contributed by atoms with Crippen molar-refractivity contribution >= 4 is 29.8 Å². The molecule has 4 amide bonds. The summed E-state index contributed by atoms with van der Waals surface area (Å²) < 4.78 is 9.32. The molecule has 148 valence electrons. The molecule has 0 aliphatic heterocycles. The minimum absolute atomic E-state index is 0.317. The van der Waals surface area contributed by atoms with Gasteiger partial charge in [0.25, 0.3) is 0 Å². The first kappa shape index (κ1) is 23.1. The first-order valence-electron chi connectivity index (χ1n) is 7.82. The molecule has 0 spiro atoms. The minimum atomic E-state index is -0.913. The van der Waals surface area contributed by atoms with Crippen molar-refractivity contribution in [3.8, 4) is 0 Å². The number of esters is 1. The standard InChI is InChI=1S/C15H26N4O7/c1-9(13(23)17-8-12(22)25-5)19-11(21)7-16-10(20)6-18-14(24)26-15(2,3)4/h9H,6-8H2,1-5H3,(H,16,20)(H,17,23)(H,18,24)(H,19,21)/t9-/m0/s1. The zero-order valence-corrected chi connectivity index (χ0v) is 15.6. The fourth-order valence-corrected chi connectivity index (χ4v) is 1.45. The highest BCUT2D eigenvalue weighted by molar-refractivity contribution is 5.91. The first-order chi connectivity index (χ1) is 11.9. The zero-order valence-electron chi connectivity index (χ0n) is 15.6. The molecule has 0 rings (SSSR count). The summed E-state index contributed by atoms with van der Waals surface area (Å²) in [5.41, 5.74) is -0.689. The maximum Gasteiger partial charge on any atom is 0.408 e. The van der Waals surface area contributed by atoms with Crippen molar-refractivity contribution in [3.63, 3.8) is 0 Å². The van der Waals surface area contributed by atoms with Gasteiger partial charge in [-0.1, -0.05) is 0 Å². The van der Waals surface area contributed by atoms with Crippen LogP contribution in [0.15, 0.2) is 0 Å². The number of amides is 4. The molecule has 1 atom stereocenters. The number of rotatable bonds is 8. The Bertz CT molecular complexity index is 543. The van der Waals surface area contributed by atoms with Gasteiger partial charge in [-0.3, -0.25) is 19.2 Å². The fraction of sp³-hybridized carbons (Fsp3) is 0.667. The molecule has 0 radical (unpaired) electrons. The van der Waals surface area contributed by atoms with Crippen LogP contribution >= 0.6 is 0 Å². The largest absolute Gasteiger partial charge is 0.468 e. The Kier molecular flexibility index (Phi) is 9.71. The van der Waals surface area contributed by atoms with Crippen LogP contribution in [0.4, 0.5) is 4.79 Å². The normalized spacial score (nSPS) is 11.6. The molecule has 0 fully saturated rings. The Morgan fingerprint density at radius 2 is 1.46 bits per heavy atom. The van der Waals surface area contributed by atoms with Crippen LogP contribution in [-0.4, -0.2) is 68.2 Å². The highest BCUT2D eigenvalue weighted by Crippen LogP contribution is 2.05. The molecule has 0 saturated carbocycles. The summed E-state index contributed by atoms with van der Waals surface area (Å²) in [5.74, 6) is -2.42. The molecule has 0 saturated heterocycles. The van der Waals surface area contributed by atoms with Gasteiger partial charge in [-0.05, 0) is 27.7 Å². The lowest BCUT2D eigenvalue weighted by Crippen LogP contribution is -2.49. The molecule has 4 N–H and O–H groups in total. The molecule has 0 aliphatic rings. The summed E-state index contributed by atoms with van der Waals surface area (Å²) in [6.45, 7) is 5.39. The van der Waals surface area contributed by atoms with Crippen LogP contribution in [0.2, 0.25) is 0 Å². The number of nitrogens with one attached hydrogen (secondary N) is 4. The molecule has 0 aromatic carbocycles. The molecule has 26 heavy (non-hydrogen) atoms. The van der Waals surface area contributed by atoms with E-state index in [9.17, 15) is 24.0 Å². The number of carbonyl (C=O) groups is 5. The summed E-state index contributed by atoms with van der Waals surface area (Å²) in [6, 6.07) is -0.913. The van der Waals surface area contributed by atoms with Gasteiger partial charge in [0.15, 0.2) is 0 Å². The van der Waals surface area contributed by atoms with E-state index >= 15 is 0 Å². The second-order valence-corrected chi connectivity index (χ2v) is 6.22. The third-order valence-electron chi connectivity index (χ3n) is 2.64. The van der Waals surface area contributed by atoms with E-state index in [0.29, 0.717) is 0 Å². The molecule has 11 nitrogen and oxygen atoms in total. The maximum atomic E-state index is 11.7. The summed E-state index contributed by atoms with van der Waals surface area (Å²) >= 11 is 0. The van der Waals surface area contributed by atoms with Crippen LogP contribution in [0.25, 0.3) is 0 Å². The number of hydrogen-bond donors (Lipinski definition) is 4. The molecular weight excluding hydrogens is 348 g/mol. The van der Waals surface area contributed by atoms with Crippen molar-refractivity contribution in [3.05, 3.63) is 0 Å². The van der Waals surface area contributed by atoms with E-state index in [-0.39, 0.29) is 19.6 Å². The van der Waals surface area contributed by atoms with Crippen molar-refractivity contribution in [1.29, 1.82) is 0 Å². The molecule has 0 aromatic rings. The Labute approximate surface area is 151 Å². The Hall–Kier alpha value is -2.85. The van der Waals surface area contributed by atoms with Gasteiger partial charge in [0.05, 0.1) is 13.7 Å². The quantitative estimate of drug-likeness (QED) is 0.374. The van der Waals surface area contributed by atoms with Crippen molar-refractivity contribution in [2.24, 2.45) is 0 Å². The second kappa shape index (κ2) is 10.9. The molecular formula is C15H26N4O7. The predicted molar refractivity (Wildman–Crippen MR) is 89.9 cm³/mol. The smallest absolute Gasteiger partial charge is 0.408 e. The topological polar surface area (TPSA) is 152 Å². The minimum Gasteiger partial charge on any atom is -0.468 e. The van der Waals surface area contributed by atoms with Crippen molar-refractivity contribution < 1.29 is 33.4 Å². The van der Waals surface area contributed by atoms with Crippen LogP contribution in [-0.2, 0) is 28.7 Å². The Morgan fingerprint density at radius 1 is 0.885 bits per heavy atom. The summed E-state index contributed by atoms with van der Waals surface area (Å²) in [5, 5.41) is 9.14. The van der Waals surface area contributed by atoms with Gasteiger partial charge in [0, 0.05) is 0 Å². The molecule has 11 heteroatoms. The van der Waals surface area contributed by atoms with E-state index in [1.807, 2.05) is 0 Å². The van der Waals surface area contributed by atoms with Crippen molar-refractivity contribution in [1.82, 2.24) is 21.3 Å². The summed E-state index contributed by atoms with van der Waals surface area (Å²) in [7, 11) is 1.18. The molecule has 0 bridgehead atoms. The monoisotopic (exact) mass is 374 g/mol. The summed E-state index contributed by atoms with van der Waals surface area (Å²) in [4.78, 5) is 57.2. The number of alkyl carbamates (subject to hydrolysis) is 1. The molecule has 0 unspecified atom stereocenters. The number of carbonyl (C=O) groups excluding carboxylic acids is 5. The predicted octanol–water partition coefficient (Wildman–Crippen LogP) is -1.58. The van der Waals surface area contributed by atoms with Gasteiger partial charge in [0.2, 0.25) is 17.7 Å². The van der Waals surface area contributed by atoms with Crippen molar-refractivity contribution in [2.75, 3.05) is 26.7 Å². The average molecular weight is 374 g/mol. The maximum absolute atomic E-state index is 11.7. The van der Waals surface area contributed by atoms with E-state index < -0.39 is 41.4 Å².